The number of hydrogen-bond donors (Lipinski definition) is 0. The van der Waals surface area contributed by atoms with Crippen LogP contribution < -0.4 is 4.74 Å². The summed E-state index contributed by atoms with van der Waals surface area (Å²) in [5.74, 6) is 0.204. The largest absolute Gasteiger partial charge is 0.480 e. The van der Waals surface area contributed by atoms with Gasteiger partial charge in [-0.05, 0) is 24.6 Å². The predicted octanol–water partition coefficient (Wildman–Crippen LogP) is 4.18. The molecule has 0 saturated heterocycles. The van der Waals surface area contributed by atoms with Gasteiger partial charge in [-0.25, -0.2) is 4.98 Å². The van der Waals surface area contributed by atoms with Crippen molar-refractivity contribution in [1.82, 2.24) is 4.98 Å². The normalized spacial score (nSPS) is 10.3. The Morgan fingerprint density at radius 1 is 1.30 bits per heavy atom. The molecule has 0 N–H and O–H groups in total. The van der Waals surface area contributed by atoms with Gasteiger partial charge in [0, 0.05) is 6.07 Å². The van der Waals surface area contributed by atoms with Crippen LogP contribution in [-0.2, 0) is 6.61 Å². The molecule has 1 aromatic heterocycles. The molecule has 0 unspecified atom stereocenters. The first-order valence-electron chi connectivity index (χ1n) is 5.66. The zero-order chi connectivity index (χ0) is 14.7. The van der Waals surface area contributed by atoms with Crippen LogP contribution in [0.4, 0.5) is 5.69 Å². The average Bonchev–Trinajstić information content (AvgIpc) is 2.40. The Hall–Kier alpha value is -1.85. The summed E-state index contributed by atoms with van der Waals surface area (Å²) in [6, 6.07) is 7.88. The molecular formula is C13H10Cl2N2O3. The van der Waals surface area contributed by atoms with Gasteiger partial charge in [0.25, 0.3) is 0 Å². The third kappa shape index (κ3) is 3.18. The molecule has 7 heteroatoms. The van der Waals surface area contributed by atoms with Crippen molar-refractivity contribution in [3.63, 3.8) is 0 Å². The maximum Gasteiger partial charge on any atom is 0.311 e. The molecular weight excluding hydrogens is 303 g/mol. The minimum absolute atomic E-state index is 0.00505. The fourth-order valence-electron chi connectivity index (χ4n) is 1.67. The Bertz CT molecular complexity index is 662. The second kappa shape index (κ2) is 6.07. The SMILES string of the molecule is Cc1cccc([N+](=O)[O-])c1OCc1nc(Cl)ccc1Cl. The van der Waals surface area contributed by atoms with Crippen molar-refractivity contribution in [2.24, 2.45) is 0 Å². The second-order valence-corrected chi connectivity index (χ2v) is 4.83. The number of benzene rings is 1. The van der Waals surface area contributed by atoms with Crippen LogP contribution in [-0.4, -0.2) is 9.91 Å². The number of nitrogens with zero attached hydrogens (tertiary/aromatic N) is 2. The first-order chi connectivity index (χ1) is 9.49. The Labute approximate surface area is 125 Å². The average molecular weight is 313 g/mol. The lowest BCUT2D eigenvalue weighted by molar-refractivity contribution is -0.386. The highest BCUT2D eigenvalue weighted by molar-refractivity contribution is 6.32. The summed E-state index contributed by atoms with van der Waals surface area (Å²) in [5, 5.41) is 11.6. The number of nitro groups is 1. The molecule has 2 rings (SSSR count). The molecule has 0 spiro atoms. The van der Waals surface area contributed by atoms with E-state index in [1.54, 1.807) is 31.2 Å². The maximum absolute atomic E-state index is 11.0. The molecule has 0 aliphatic carbocycles. The highest BCUT2D eigenvalue weighted by Crippen LogP contribution is 2.31. The number of hydrogen-bond acceptors (Lipinski definition) is 4. The van der Waals surface area contributed by atoms with Crippen LogP contribution in [0.5, 0.6) is 5.75 Å². The van der Waals surface area contributed by atoms with Gasteiger partial charge in [-0.15, -0.1) is 0 Å². The number of para-hydroxylation sites is 1. The van der Waals surface area contributed by atoms with Crippen molar-refractivity contribution in [1.29, 1.82) is 0 Å². The smallest absolute Gasteiger partial charge is 0.311 e. The van der Waals surface area contributed by atoms with Crippen LogP contribution >= 0.6 is 23.2 Å². The van der Waals surface area contributed by atoms with Gasteiger partial charge in [0.2, 0.25) is 0 Å². The lowest BCUT2D eigenvalue weighted by Crippen LogP contribution is -2.03. The number of aromatic nitrogens is 1. The summed E-state index contributed by atoms with van der Waals surface area (Å²) in [7, 11) is 0. The van der Waals surface area contributed by atoms with Crippen LogP contribution in [0.1, 0.15) is 11.3 Å². The molecule has 2 aromatic rings. The molecule has 104 valence electrons. The van der Waals surface area contributed by atoms with Gasteiger partial charge < -0.3 is 4.74 Å². The number of aryl methyl sites for hydroxylation is 1. The van der Waals surface area contributed by atoms with Gasteiger partial charge in [-0.1, -0.05) is 35.3 Å². The van der Waals surface area contributed by atoms with Crippen molar-refractivity contribution >= 4 is 28.9 Å². The van der Waals surface area contributed by atoms with Crippen LogP contribution in [0.3, 0.4) is 0 Å². The van der Waals surface area contributed by atoms with E-state index in [-0.39, 0.29) is 23.2 Å². The maximum atomic E-state index is 11.0. The van der Waals surface area contributed by atoms with E-state index in [4.69, 9.17) is 27.9 Å². The Kier molecular flexibility index (Phi) is 4.42. The lowest BCUT2D eigenvalue weighted by atomic mass is 10.2. The van der Waals surface area contributed by atoms with Crippen molar-refractivity contribution in [2.75, 3.05) is 0 Å². The third-order valence-corrected chi connectivity index (χ3v) is 3.18. The highest BCUT2D eigenvalue weighted by Gasteiger charge is 2.17. The number of rotatable bonds is 4. The quantitative estimate of drug-likeness (QED) is 0.482. The van der Waals surface area contributed by atoms with E-state index in [1.807, 2.05) is 0 Å². The van der Waals surface area contributed by atoms with Gasteiger partial charge in [0.1, 0.15) is 11.8 Å². The molecule has 0 radical (unpaired) electrons. The van der Waals surface area contributed by atoms with Crippen LogP contribution in [0.15, 0.2) is 30.3 Å². The molecule has 0 saturated carbocycles. The van der Waals surface area contributed by atoms with Crippen molar-refractivity contribution in [3.05, 3.63) is 61.9 Å². The predicted molar refractivity (Wildman–Crippen MR) is 76.4 cm³/mol. The number of pyridine rings is 1. The molecule has 0 fully saturated rings. The molecule has 1 heterocycles. The van der Waals surface area contributed by atoms with E-state index < -0.39 is 4.92 Å². The van der Waals surface area contributed by atoms with Crippen LogP contribution in [0.2, 0.25) is 10.2 Å². The minimum atomic E-state index is -0.491. The molecule has 0 aliphatic heterocycles. The zero-order valence-electron chi connectivity index (χ0n) is 10.5. The summed E-state index contributed by atoms with van der Waals surface area (Å²) in [6.45, 7) is 1.74. The monoisotopic (exact) mass is 312 g/mol. The van der Waals surface area contributed by atoms with Gasteiger partial charge in [-0.2, -0.15) is 0 Å². The molecule has 1 aromatic carbocycles. The third-order valence-electron chi connectivity index (χ3n) is 2.63. The molecule has 0 atom stereocenters. The van der Waals surface area contributed by atoms with E-state index in [0.717, 1.165) is 0 Å². The van der Waals surface area contributed by atoms with Crippen molar-refractivity contribution in [3.8, 4) is 5.75 Å². The standard InChI is InChI=1S/C13H10Cl2N2O3/c1-8-3-2-4-11(17(18)19)13(8)20-7-10-9(14)5-6-12(15)16-10/h2-6H,7H2,1H3. The molecule has 20 heavy (non-hydrogen) atoms. The topological polar surface area (TPSA) is 65.3 Å². The van der Waals surface area contributed by atoms with E-state index in [1.165, 1.54) is 6.07 Å². The molecule has 0 aliphatic rings. The molecule has 0 bridgehead atoms. The molecule has 5 nitrogen and oxygen atoms in total. The summed E-state index contributed by atoms with van der Waals surface area (Å²) < 4.78 is 5.50. The first-order valence-corrected chi connectivity index (χ1v) is 6.42. The summed E-state index contributed by atoms with van der Waals surface area (Å²) in [6.07, 6.45) is 0. The second-order valence-electron chi connectivity index (χ2n) is 4.03. The minimum Gasteiger partial charge on any atom is -0.480 e. The van der Waals surface area contributed by atoms with Crippen LogP contribution in [0, 0.1) is 17.0 Å². The van der Waals surface area contributed by atoms with Gasteiger partial charge in [-0.3, -0.25) is 10.1 Å². The van der Waals surface area contributed by atoms with E-state index in [2.05, 4.69) is 4.98 Å². The van der Waals surface area contributed by atoms with Crippen LogP contribution in [0.25, 0.3) is 0 Å². The zero-order valence-corrected chi connectivity index (χ0v) is 12.0. The van der Waals surface area contributed by atoms with Crippen molar-refractivity contribution in [2.45, 2.75) is 13.5 Å². The van der Waals surface area contributed by atoms with Gasteiger partial charge >= 0.3 is 5.69 Å². The number of halogens is 2. The molecule has 0 amide bonds. The lowest BCUT2D eigenvalue weighted by Gasteiger charge is -2.10. The summed E-state index contributed by atoms with van der Waals surface area (Å²) in [5.41, 5.74) is 0.997. The Morgan fingerprint density at radius 2 is 2.05 bits per heavy atom. The Balaban J connectivity index is 2.27. The highest BCUT2D eigenvalue weighted by atomic mass is 35.5. The van der Waals surface area contributed by atoms with E-state index >= 15 is 0 Å². The number of nitro benzene ring substituents is 1. The van der Waals surface area contributed by atoms with Gasteiger partial charge in [0.05, 0.1) is 15.6 Å². The fraction of sp³-hybridized carbons (Fsp3) is 0.154. The van der Waals surface area contributed by atoms with Gasteiger partial charge in [0.15, 0.2) is 5.75 Å². The van der Waals surface area contributed by atoms with E-state index in [9.17, 15) is 10.1 Å². The van der Waals surface area contributed by atoms with E-state index in [0.29, 0.717) is 16.3 Å². The van der Waals surface area contributed by atoms with Crippen molar-refractivity contribution < 1.29 is 9.66 Å². The Morgan fingerprint density at radius 3 is 2.75 bits per heavy atom. The number of ether oxygens (including phenoxy) is 1. The summed E-state index contributed by atoms with van der Waals surface area (Å²) >= 11 is 11.7. The fourth-order valence-corrected chi connectivity index (χ4v) is 1.99. The summed E-state index contributed by atoms with van der Waals surface area (Å²) in [4.78, 5) is 14.5. The first kappa shape index (κ1) is 14.6.